The van der Waals surface area contributed by atoms with Crippen LogP contribution in [-0.2, 0) is 6.54 Å². The second-order valence-corrected chi connectivity index (χ2v) is 5.94. The number of hydrogen-bond acceptors (Lipinski definition) is 5. The Morgan fingerprint density at radius 3 is 3.05 bits per heavy atom. The lowest BCUT2D eigenvalue weighted by atomic mass is 10.2. The van der Waals surface area contributed by atoms with Gasteiger partial charge in [-0.1, -0.05) is 0 Å². The molecule has 0 aliphatic carbocycles. The lowest BCUT2D eigenvalue weighted by Gasteiger charge is -2.28. The van der Waals surface area contributed by atoms with Gasteiger partial charge >= 0.3 is 0 Å². The first-order valence-corrected chi connectivity index (χ1v) is 7.49. The molecule has 6 nitrogen and oxygen atoms in total. The van der Waals surface area contributed by atoms with Gasteiger partial charge in [0.25, 0.3) is 0 Å². The van der Waals surface area contributed by atoms with E-state index in [0.717, 1.165) is 24.6 Å². The summed E-state index contributed by atoms with van der Waals surface area (Å²) in [4.78, 5) is 4.22. The number of likely N-dealkylation sites (N-methyl/N-ethyl adjacent to an activating group) is 1. The van der Waals surface area contributed by atoms with Crippen molar-refractivity contribution < 1.29 is 4.39 Å². The Hall–Kier alpha value is -2.02. The smallest absolute Gasteiger partial charge is 0.151 e. The highest BCUT2D eigenvalue weighted by Crippen LogP contribution is 2.26. The van der Waals surface area contributed by atoms with E-state index in [2.05, 4.69) is 25.3 Å². The van der Waals surface area contributed by atoms with Crippen LogP contribution in [0.5, 0.6) is 0 Å². The van der Waals surface area contributed by atoms with Crippen LogP contribution in [-0.4, -0.2) is 57.6 Å². The summed E-state index contributed by atoms with van der Waals surface area (Å²) in [5.74, 6) is 0.751. The average molecular weight is 304 g/mol. The van der Waals surface area contributed by atoms with Crippen LogP contribution >= 0.6 is 0 Å². The molecular weight excluding hydrogens is 283 g/mol. The molecule has 22 heavy (non-hydrogen) atoms. The molecule has 3 rings (SSSR count). The monoisotopic (exact) mass is 304 g/mol. The van der Waals surface area contributed by atoms with Gasteiger partial charge in [0, 0.05) is 43.0 Å². The van der Waals surface area contributed by atoms with Crippen molar-refractivity contribution in [3.8, 4) is 0 Å². The van der Waals surface area contributed by atoms with Gasteiger partial charge in [0.05, 0.1) is 12.7 Å². The van der Waals surface area contributed by atoms with Crippen molar-refractivity contribution in [2.45, 2.75) is 32.1 Å². The molecule has 1 N–H and O–H groups in total. The van der Waals surface area contributed by atoms with Crippen LogP contribution in [0.25, 0.3) is 0 Å². The van der Waals surface area contributed by atoms with E-state index in [1.807, 2.05) is 37.2 Å². The molecule has 2 aromatic rings. The molecule has 0 saturated carbocycles. The van der Waals surface area contributed by atoms with Crippen LogP contribution in [0.4, 0.5) is 10.2 Å². The van der Waals surface area contributed by atoms with Crippen LogP contribution < -0.4 is 4.90 Å². The van der Waals surface area contributed by atoms with E-state index < -0.39 is 6.17 Å². The minimum absolute atomic E-state index is 0.115. The molecule has 1 fully saturated rings. The molecule has 0 bridgehead atoms. The molecule has 7 heteroatoms. The summed E-state index contributed by atoms with van der Waals surface area (Å²) >= 11 is 0. The first-order valence-electron chi connectivity index (χ1n) is 7.49. The van der Waals surface area contributed by atoms with E-state index in [1.54, 1.807) is 6.20 Å². The Balaban J connectivity index is 1.66. The Morgan fingerprint density at radius 2 is 2.36 bits per heavy atom. The molecule has 2 aromatic heterocycles. The van der Waals surface area contributed by atoms with Crippen LogP contribution in [0.15, 0.2) is 24.5 Å². The number of hydrogen-bond donors (Lipinski definition) is 1. The molecule has 0 spiro atoms. The first kappa shape index (κ1) is 14.9. The average Bonchev–Trinajstić information content (AvgIpc) is 3.06. The van der Waals surface area contributed by atoms with E-state index in [-0.39, 0.29) is 6.04 Å². The Morgan fingerprint density at radius 1 is 1.50 bits per heavy atom. The minimum Gasteiger partial charge on any atom is -0.348 e. The molecule has 0 aromatic carbocycles. The third kappa shape index (κ3) is 3.24. The van der Waals surface area contributed by atoms with Crippen LogP contribution in [0.3, 0.4) is 0 Å². The summed E-state index contributed by atoms with van der Waals surface area (Å²) in [5.41, 5.74) is 2.25. The van der Waals surface area contributed by atoms with Crippen LogP contribution in [0, 0.1) is 6.92 Å². The lowest BCUT2D eigenvalue weighted by molar-refractivity contribution is 0.289. The third-order valence-electron chi connectivity index (χ3n) is 4.11. The number of aromatic amines is 1. The molecule has 0 unspecified atom stereocenters. The van der Waals surface area contributed by atoms with E-state index in [0.29, 0.717) is 13.0 Å². The van der Waals surface area contributed by atoms with Crippen molar-refractivity contribution in [1.82, 2.24) is 25.3 Å². The number of aryl methyl sites for hydroxylation is 1. The maximum atomic E-state index is 13.9. The number of nitrogens with zero attached hydrogens (tertiary/aromatic N) is 5. The van der Waals surface area contributed by atoms with Gasteiger partial charge < -0.3 is 4.90 Å². The van der Waals surface area contributed by atoms with Crippen molar-refractivity contribution in [2.24, 2.45) is 0 Å². The van der Waals surface area contributed by atoms with Crippen molar-refractivity contribution >= 4 is 5.82 Å². The van der Waals surface area contributed by atoms with Crippen molar-refractivity contribution in [3.63, 3.8) is 0 Å². The molecule has 0 amide bonds. The van der Waals surface area contributed by atoms with Gasteiger partial charge in [-0.05, 0) is 26.1 Å². The summed E-state index contributed by atoms with van der Waals surface area (Å²) in [6.07, 6.45) is 3.20. The van der Waals surface area contributed by atoms with Crippen molar-refractivity contribution in [2.75, 3.05) is 25.0 Å². The molecule has 3 heterocycles. The molecule has 1 aliphatic heterocycles. The maximum absolute atomic E-state index is 13.9. The maximum Gasteiger partial charge on any atom is 0.151 e. The standard InChI is InChI=1S/C15H21FN6/c1-11-12(7-18-19-11)8-21(2)10-14-6-13(16)9-22(14)15-4-3-5-17-20-15/h3-5,7,13-14H,6,8-10H2,1-2H3,(H,18,19)/t13-,14-/m0/s1. The van der Waals surface area contributed by atoms with Gasteiger partial charge in [0.1, 0.15) is 6.17 Å². The lowest BCUT2D eigenvalue weighted by Crippen LogP contribution is -2.39. The SMILES string of the molecule is Cc1[nH]ncc1CN(C)C[C@@H]1C[C@H](F)CN1c1cccnn1. The Bertz CT molecular complexity index is 601. The molecule has 1 saturated heterocycles. The van der Waals surface area contributed by atoms with Gasteiger partial charge in [0.15, 0.2) is 5.82 Å². The molecule has 0 radical (unpaired) electrons. The van der Waals surface area contributed by atoms with E-state index in [9.17, 15) is 4.39 Å². The fourth-order valence-electron chi connectivity index (χ4n) is 3.01. The summed E-state index contributed by atoms with van der Waals surface area (Å²) in [6, 6.07) is 3.84. The quantitative estimate of drug-likeness (QED) is 0.908. The van der Waals surface area contributed by atoms with Gasteiger partial charge in [-0.2, -0.15) is 10.2 Å². The Labute approximate surface area is 129 Å². The summed E-state index contributed by atoms with van der Waals surface area (Å²) in [7, 11) is 2.05. The Kier molecular flexibility index (Phi) is 4.33. The number of alkyl halides is 1. The number of halogens is 1. The highest BCUT2D eigenvalue weighted by atomic mass is 19.1. The molecule has 118 valence electrons. The van der Waals surface area contributed by atoms with Crippen LogP contribution in [0.2, 0.25) is 0 Å². The number of anilines is 1. The summed E-state index contributed by atoms with van der Waals surface area (Å²) in [5, 5.41) is 15.0. The number of nitrogens with one attached hydrogen (secondary N) is 1. The number of H-pyrrole nitrogens is 1. The van der Waals surface area contributed by atoms with Gasteiger partial charge in [-0.15, -0.1) is 5.10 Å². The first-order chi connectivity index (χ1) is 10.6. The van der Waals surface area contributed by atoms with Crippen molar-refractivity contribution in [1.29, 1.82) is 0 Å². The number of rotatable bonds is 5. The summed E-state index contributed by atoms with van der Waals surface area (Å²) in [6.45, 7) is 3.98. The normalized spacial score (nSPS) is 21.7. The third-order valence-corrected chi connectivity index (χ3v) is 4.11. The molecule has 2 atom stereocenters. The zero-order chi connectivity index (χ0) is 15.5. The summed E-state index contributed by atoms with van der Waals surface area (Å²) < 4.78 is 13.9. The zero-order valence-corrected chi connectivity index (χ0v) is 12.9. The number of aromatic nitrogens is 4. The van der Waals surface area contributed by atoms with Gasteiger partial charge in [-0.3, -0.25) is 10.00 Å². The van der Waals surface area contributed by atoms with Gasteiger partial charge in [-0.25, -0.2) is 4.39 Å². The fraction of sp³-hybridized carbons (Fsp3) is 0.533. The minimum atomic E-state index is -0.809. The van der Waals surface area contributed by atoms with E-state index in [1.165, 1.54) is 5.56 Å². The predicted octanol–water partition coefficient (Wildman–Crippen LogP) is 1.56. The van der Waals surface area contributed by atoms with Crippen molar-refractivity contribution in [3.05, 3.63) is 35.8 Å². The highest BCUT2D eigenvalue weighted by Gasteiger charge is 2.33. The fourth-order valence-corrected chi connectivity index (χ4v) is 3.01. The second kappa shape index (κ2) is 6.39. The second-order valence-electron chi connectivity index (χ2n) is 5.94. The topological polar surface area (TPSA) is 60.9 Å². The largest absolute Gasteiger partial charge is 0.348 e. The van der Waals surface area contributed by atoms with E-state index >= 15 is 0 Å². The van der Waals surface area contributed by atoms with E-state index in [4.69, 9.17) is 0 Å². The predicted molar refractivity (Wildman–Crippen MR) is 82.3 cm³/mol. The van der Waals surface area contributed by atoms with Gasteiger partial charge in [0.2, 0.25) is 0 Å². The van der Waals surface area contributed by atoms with Crippen LogP contribution in [0.1, 0.15) is 17.7 Å². The highest BCUT2D eigenvalue weighted by molar-refractivity contribution is 5.40. The molecular formula is C15H21FN6. The zero-order valence-electron chi connectivity index (χ0n) is 12.9. The molecule has 1 aliphatic rings.